The van der Waals surface area contributed by atoms with Gasteiger partial charge >= 0.3 is 5.97 Å². The van der Waals surface area contributed by atoms with Crippen molar-refractivity contribution in [1.29, 1.82) is 0 Å². The van der Waals surface area contributed by atoms with Crippen LogP contribution < -0.4 is 10.9 Å². The van der Waals surface area contributed by atoms with Gasteiger partial charge in [0.15, 0.2) is 5.69 Å². The number of carbonyl (C=O) groups excluding carboxylic acids is 1. The number of aromatic nitrogens is 1. The van der Waals surface area contributed by atoms with Crippen LogP contribution in [0.5, 0.6) is 0 Å². The highest BCUT2D eigenvalue weighted by atomic mass is 28.3. The van der Waals surface area contributed by atoms with Crippen molar-refractivity contribution < 1.29 is 9.53 Å². The van der Waals surface area contributed by atoms with E-state index in [4.69, 9.17) is 10.5 Å². The molecule has 0 amide bonds. The molecule has 1 aromatic carbocycles. The number of hydrogen-bond donors (Lipinski definition) is 1. The third kappa shape index (κ3) is 3.13. The molecule has 2 aromatic rings. The minimum atomic E-state index is -1.35. The minimum Gasteiger partial charge on any atom is -0.464 e. The van der Waals surface area contributed by atoms with Crippen molar-refractivity contribution in [3.8, 4) is 11.1 Å². The van der Waals surface area contributed by atoms with Gasteiger partial charge in [-0.1, -0.05) is 49.1 Å². The SMILES string of the molecule is COC(=O)c1nccc(N)c1-c1ccc([Si](C)(C)C)cc1. The normalized spacial score (nSPS) is 11.2. The Kier molecular flexibility index (Phi) is 4.13. The van der Waals surface area contributed by atoms with Crippen LogP contribution in [0.25, 0.3) is 11.1 Å². The smallest absolute Gasteiger partial charge is 0.357 e. The van der Waals surface area contributed by atoms with Crippen molar-refractivity contribution in [2.45, 2.75) is 19.6 Å². The lowest BCUT2D eigenvalue weighted by Crippen LogP contribution is -2.37. The molecule has 0 bridgehead atoms. The standard InChI is InChI=1S/C16H20N2O2Si/c1-20-16(19)15-14(13(17)9-10-18-15)11-5-7-12(8-6-11)21(2,3)4/h5-10H,1-4H3,(H2,17,18). The van der Waals surface area contributed by atoms with Crippen molar-refractivity contribution in [3.05, 3.63) is 42.2 Å². The van der Waals surface area contributed by atoms with Gasteiger partial charge in [-0.25, -0.2) is 9.78 Å². The second-order valence-electron chi connectivity index (χ2n) is 5.94. The first-order chi connectivity index (χ1) is 9.84. The lowest BCUT2D eigenvalue weighted by molar-refractivity contribution is 0.0595. The third-order valence-corrected chi connectivity index (χ3v) is 5.47. The molecule has 0 aliphatic heterocycles. The molecule has 21 heavy (non-hydrogen) atoms. The zero-order valence-corrected chi connectivity index (χ0v) is 13.8. The van der Waals surface area contributed by atoms with E-state index in [9.17, 15) is 4.79 Å². The van der Waals surface area contributed by atoms with Crippen molar-refractivity contribution in [2.24, 2.45) is 0 Å². The molecule has 0 radical (unpaired) electrons. The van der Waals surface area contributed by atoms with Crippen LogP contribution in [-0.2, 0) is 4.74 Å². The van der Waals surface area contributed by atoms with Gasteiger partial charge in [0.25, 0.3) is 0 Å². The number of nitrogens with zero attached hydrogens (tertiary/aromatic N) is 1. The van der Waals surface area contributed by atoms with E-state index >= 15 is 0 Å². The molecule has 2 rings (SSSR count). The maximum atomic E-state index is 11.9. The number of anilines is 1. The summed E-state index contributed by atoms with van der Waals surface area (Å²) in [6.45, 7) is 6.88. The molecule has 0 saturated heterocycles. The largest absolute Gasteiger partial charge is 0.464 e. The molecule has 0 aliphatic rings. The predicted molar refractivity (Wildman–Crippen MR) is 88.4 cm³/mol. The van der Waals surface area contributed by atoms with Crippen LogP contribution in [0.15, 0.2) is 36.5 Å². The summed E-state index contributed by atoms with van der Waals surface area (Å²) >= 11 is 0. The fraction of sp³-hybridized carbons (Fsp3) is 0.250. The van der Waals surface area contributed by atoms with E-state index in [1.165, 1.54) is 18.5 Å². The summed E-state index contributed by atoms with van der Waals surface area (Å²) < 4.78 is 4.78. The number of methoxy groups -OCH3 is 1. The van der Waals surface area contributed by atoms with E-state index in [1.54, 1.807) is 6.07 Å². The molecular weight excluding hydrogens is 280 g/mol. The van der Waals surface area contributed by atoms with E-state index in [2.05, 4.69) is 36.8 Å². The molecule has 2 N–H and O–H groups in total. The molecule has 0 unspecified atom stereocenters. The Morgan fingerprint density at radius 2 is 1.76 bits per heavy atom. The number of benzene rings is 1. The van der Waals surface area contributed by atoms with Crippen LogP contribution >= 0.6 is 0 Å². The van der Waals surface area contributed by atoms with E-state index in [-0.39, 0.29) is 5.69 Å². The monoisotopic (exact) mass is 300 g/mol. The Bertz CT molecular complexity index is 661. The van der Waals surface area contributed by atoms with Gasteiger partial charge in [-0.05, 0) is 11.6 Å². The fourth-order valence-electron chi connectivity index (χ4n) is 2.17. The first-order valence-electron chi connectivity index (χ1n) is 6.78. The van der Waals surface area contributed by atoms with Crippen LogP contribution in [0.2, 0.25) is 19.6 Å². The number of hydrogen-bond acceptors (Lipinski definition) is 4. The summed E-state index contributed by atoms with van der Waals surface area (Å²) in [6.07, 6.45) is 1.52. The minimum absolute atomic E-state index is 0.248. The maximum Gasteiger partial charge on any atom is 0.357 e. The average Bonchev–Trinajstić information content (AvgIpc) is 2.45. The second-order valence-corrected chi connectivity index (χ2v) is 11.0. The number of pyridine rings is 1. The molecule has 1 heterocycles. The molecule has 0 spiro atoms. The highest BCUT2D eigenvalue weighted by Gasteiger charge is 2.19. The molecule has 110 valence electrons. The lowest BCUT2D eigenvalue weighted by atomic mass is 10.0. The molecule has 5 heteroatoms. The first kappa shape index (κ1) is 15.2. The fourth-order valence-corrected chi connectivity index (χ4v) is 3.34. The molecule has 0 aliphatic carbocycles. The molecule has 1 aromatic heterocycles. The summed E-state index contributed by atoms with van der Waals surface area (Å²) in [5.41, 5.74) is 8.31. The Hall–Kier alpha value is -2.14. The topological polar surface area (TPSA) is 65.2 Å². The molecule has 0 atom stereocenters. The average molecular weight is 300 g/mol. The van der Waals surface area contributed by atoms with Crippen molar-refractivity contribution >= 4 is 24.9 Å². The van der Waals surface area contributed by atoms with E-state index in [0.29, 0.717) is 11.3 Å². The Morgan fingerprint density at radius 1 is 1.14 bits per heavy atom. The van der Waals surface area contributed by atoms with Gasteiger partial charge in [0, 0.05) is 17.4 Å². The van der Waals surface area contributed by atoms with Gasteiger partial charge in [-0.3, -0.25) is 0 Å². The summed E-state index contributed by atoms with van der Waals surface area (Å²) in [7, 11) is -0.0130. The Balaban J connectivity index is 2.54. The second kappa shape index (κ2) is 5.69. The summed E-state index contributed by atoms with van der Waals surface area (Å²) in [5.74, 6) is -0.480. The van der Waals surface area contributed by atoms with Gasteiger partial charge in [0.05, 0.1) is 15.2 Å². The quantitative estimate of drug-likeness (QED) is 0.699. The van der Waals surface area contributed by atoms with Gasteiger partial charge in [0.1, 0.15) is 0 Å². The number of ether oxygens (including phenoxy) is 1. The zero-order chi connectivity index (χ0) is 15.6. The van der Waals surface area contributed by atoms with Crippen LogP contribution in [-0.4, -0.2) is 26.1 Å². The number of nitrogens with two attached hydrogens (primary N) is 1. The van der Waals surface area contributed by atoms with Gasteiger partial charge < -0.3 is 10.5 Å². The van der Waals surface area contributed by atoms with Gasteiger partial charge in [-0.15, -0.1) is 0 Å². The number of rotatable bonds is 3. The Morgan fingerprint density at radius 3 is 2.29 bits per heavy atom. The van der Waals surface area contributed by atoms with E-state index in [0.717, 1.165) is 5.56 Å². The highest BCUT2D eigenvalue weighted by Crippen LogP contribution is 2.28. The van der Waals surface area contributed by atoms with Crippen molar-refractivity contribution in [2.75, 3.05) is 12.8 Å². The van der Waals surface area contributed by atoms with Crippen LogP contribution in [0.4, 0.5) is 5.69 Å². The maximum absolute atomic E-state index is 11.9. The summed E-state index contributed by atoms with van der Waals surface area (Å²) in [4.78, 5) is 16.0. The number of esters is 1. The zero-order valence-electron chi connectivity index (χ0n) is 12.8. The lowest BCUT2D eigenvalue weighted by Gasteiger charge is -2.17. The summed E-state index contributed by atoms with van der Waals surface area (Å²) in [5, 5.41) is 1.35. The third-order valence-electron chi connectivity index (χ3n) is 3.40. The molecule has 0 fully saturated rings. The number of carbonyl (C=O) groups is 1. The van der Waals surface area contributed by atoms with Gasteiger partial charge in [-0.2, -0.15) is 0 Å². The van der Waals surface area contributed by atoms with Gasteiger partial charge in [0.2, 0.25) is 0 Å². The number of nitrogen functional groups attached to an aromatic ring is 1. The molecule has 4 nitrogen and oxygen atoms in total. The summed E-state index contributed by atoms with van der Waals surface area (Å²) in [6, 6.07) is 9.89. The van der Waals surface area contributed by atoms with Crippen molar-refractivity contribution in [1.82, 2.24) is 4.98 Å². The predicted octanol–water partition coefficient (Wildman–Crippen LogP) is 2.66. The first-order valence-corrected chi connectivity index (χ1v) is 10.3. The molecule has 0 saturated carbocycles. The van der Waals surface area contributed by atoms with Crippen LogP contribution in [0.3, 0.4) is 0 Å². The Labute approximate surface area is 126 Å². The molecular formula is C16H20N2O2Si. The van der Waals surface area contributed by atoms with Crippen LogP contribution in [0.1, 0.15) is 10.5 Å². The van der Waals surface area contributed by atoms with E-state index < -0.39 is 14.0 Å². The highest BCUT2D eigenvalue weighted by molar-refractivity contribution is 6.88. The van der Waals surface area contributed by atoms with Crippen LogP contribution in [0, 0.1) is 0 Å². The van der Waals surface area contributed by atoms with E-state index in [1.807, 2.05) is 12.1 Å². The van der Waals surface area contributed by atoms with Crippen molar-refractivity contribution in [3.63, 3.8) is 0 Å².